The number of phenols is 1. The molecule has 1 fully saturated rings. The van der Waals surface area contributed by atoms with Crippen LogP contribution in [0.15, 0.2) is 22.7 Å². The summed E-state index contributed by atoms with van der Waals surface area (Å²) in [5, 5.41) is 13.1. The van der Waals surface area contributed by atoms with E-state index in [0.717, 1.165) is 29.6 Å². The first kappa shape index (κ1) is 13.8. The molecule has 2 N–H and O–H groups in total. The molecule has 1 aliphatic rings. The van der Waals surface area contributed by atoms with Gasteiger partial charge >= 0.3 is 0 Å². The Morgan fingerprint density at radius 3 is 3.06 bits per heavy atom. The van der Waals surface area contributed by atoms with Crippen molar-refractivity contribution in [3.05, 3.63) is 28.2 Å². The van der Waals surface area contributed by atoms with Crippen molar-refractivity contribution in [1.82, 2.24) is 5.32 Å². The summed E-state index contributed by atoms with van der Waals surface area (Å²) in [4.78, 5) is 0. The second-order valence-corrected chi connectivity index (χ2v) is 5.64. The van der Waals surface area contributed by atoms with Crippen LogP contribution in [0.4, 0.5) is 0 Å². The third-order valence-corrected chi connectivity index (χ3v) is 3.77. The van der Waals surface area contributed by atoms with Gasteiger partial charge in [0.15, 0.2) is 0 Å². The lowest BCUT2D eigenvalue weighted by Gasteiger charge is -2.22. The molecule has 0 amide bonds. The van der Waals surface area contributed by atoms with Crippen LogP contribution in [0.1, 0.15) is 31.2 Å². The highest BCUT2D eigenvalue weighted by atomic mass is 79.9. The molecule has 1 aromatic rings. The van der Waals surface area contributed by atoms with Crippen LogP contribution in [0.25, 0.3) is 0 Å². The van der Waals surface area contributed by atoms with Gasteiger partial charge in [-0.3, -0.25) is 0 Å². The molecule has 0 radical (unpaired) electrons. The highest BCUT2D eigenvalue weighted by Crippen LogP contribution is 2.21. The summed E-state index contributed by atoms with van der Waals surface area (Å²) in [7, 11) is 0. The van der Waals surface area contributed by atoms with E-state index in [1.807, 2.05) is 12.1 Å². The van der Waals surface area contributed by atoms with Crippen LogP contribution >= 0.6 is 15.9 Å². The number of rotatable bonds is 5. The molecule has 100 valence electrons. The quantitative estimate of drug-likeness (QED) is 0.820. The van der Waals surface area contributed by atoms with Crippen LogP contribution in [0.5, 0.6) is 5.75 Å². The molecule has 0 aliphatic carbocycles. The Balaban J connectivity index is 1.69. The van der Waals surface area contributed by atoms with E-state index in [-0.39, 0.29) is 0 Å². The minimum atomic E-state index is 0.347. The molecular weight excluding hydrogens is 294 g/mol. The standard InChI is InChI=1S/C14H20BrNO2/c15-12-4-5-14(17)11(9-12)10-16-7-6-13-3-1-2-8-18-13/h4-5,9,13,16-17H,1-3,6-8,10H2. The maximum atomic E-state index is 9.70. The van der Waals surface area contributed by atoms with Crippen LogP contribution in [-0.4, -0.2) is 24.4 Å². The molecule has 1 unspecified atom stereocenters. The molecular formula is C14H20BrNO2. The number of nitrogens with one attached hydrogen (secondary N) is 1. The Morgan fingerprint density at radius 1 is 1.39 bits per heavy atom. The third-order valence-electron chi connectivity index (χ3n) is 3.27. The Kier molecular flexibility index (Phi) is 5.47. The first-order valence-electron chi connectivity index (χ1n) is 6.55. The molecule has 2 rings (SSSR count). The van der Waals surface area contributed by atoms with Gasteiger partial charge in [-0.1, -0.05) is 15.9 Å². The first-order chi connectivity index (χ1) is 8.75. The molecule has 1 atom stereocenters. The number of benzene rings is 1. The van der Waals surface area contributed by atoms with E-state index in [4.69, 9.17) is 4.74 Å². The lowest BCUT2D eigenvalue weighted by molar-refractivity contribution is 0.0115. The van der Waals surface area contributed by atoms with Crippen LogP contribution in [0, 0.1) is 0 Å². The van der Waals surface area contributed by atoms with Crippen molar-refractivity contribution in [3.63, 3.8) is 0 Å². The molecule has 1 aliphatic heterocycles. The molecule has 18 heavy (non-hydrogen) atoms. The monoisotopic (exact) mass is 313 g/mol. The second kappa shape index (κ2) is 7.12. The topological polar surface area (TPSA) is 41.5 Å². The zero-order valence-corrected chi connectivity index (χ0v) is 12.1. The molecule has 0 aromatic heterocycles. The number of aromatic hydroxyl groups is 1. The maximum absolute atomic E-state index is 9.70. The Morgan fingerprint density at radius 2 is 2.28 bits per heavy atom. The minimum Gasteiger partial charge on any atom is -0.508 e. The molecule has 0 saturated carbocycles. The lowest BCUT2D eigenvalue weighted by Crippen LogP contribution is -2.25. The lowest BCUT2D eigenvalue weighted by atomic mass is 10.1. The predicted molar refractivity (Wildman–Crippen MR) is 75.7 cm³/mol. The van der Waals surface area contributed by atoms with E-state index >= 15 is 0 Å². The van der Waals surface area contributed by atoms with Gasteiger partial charge in [-0.25, -0.2) is 0 Å². The number of phenolic OH excluding ortho intramolecular Hbond substituents is 1. The van der Waals surface area contributed by atoms with E-state index in [1.54, 1.807) is 6.07 Å². The van der Waals surface area contributed by atoms with E-state index < -0.39 is 0 Å². The van der Waals surface area contributed by atoms with E-state index in [2.05, 4.69) is 21.2 Å². The van der Waals surface area contributed by atoms with Gasteiger partial charge in [0, 0.05) is 23.2 Å². The van der Waals surface area contributed by atoms with Gasteiger partial charge < -0.3 is 15.2 Å². The fraction of sp³-hybridized carbons (Fsp3) is 0.571. The zero-order chi connectivity index (χ0) is 12.8. The van der Waals surface area contributed by atoms with E-state index in [1.165, 1.54) is 19.3 Å². The molecule has 0 spiro atoms. The smallest absolute Gasteiger partial charge is 0.120 e. The Bertz CT molecular complexity index is 378. The SMILES string of the molecule is Oc1ccc(Br)cc1CNCCC1CCCCO1. The summed E-state index contributed by atoms with van der Waals surface area (Å²) in [5.41, 5.74) is 0.925. The number of hydrogen-bond acceptors (Lipinski definition) is 3. The van der Waals surface area contributed by atoms with Crippen LogP contribution in [0.3, 0.4) is 0 Å². The van der Waals surface area contributed by atoms with E-state index in [9.17, 15) is 5.11 Å². The number of halogens is 1. The normalized spacial score (nSPS) is 19.9. The highest BCUT2D eigenvalue weighted by molar-refractivity contribution is 9.10. The fourth-order valence-corrected chi connectivity index (χ4v) is 2.63. The summed E-state index contributed by atoms with van der Waals surface area (Å²) in [5.74, 6) is 0.347. The Hall–Kier alpha value is -0.580. The van der Waals surface area contributed by atoms with Gasteiger partial charge in [-0.2, -0.15) is 0 Å². The summed E-state index contributed by atoms with van der Waals surface area (Å²) < 4.78 is 6.67. The third kappa shape index (κ3) is 4.26. The predicted octanol–water partition coefficient (Wildman–Crippen LogP) is 3.20. The molecule has 3 nitrogen and oxygen atoms in total. The maximum Gasteiger partial charge on any atom is 0.120 e. The van der Waals surface area contributed by atoms with E-state index in [0.29, 0.717) is 18.4 Å². The number of ether oxygens (including phenoxy) is 1. The second-order valence-electron chi connectivity index (χ2n) is 4.73. The summed E-state index contributed by atoms with van der Waals surface area (Å²) in [6.45, 7) is 2.53. The van der Waals surface area contributed by atoms with Gasteiger partial charge in [0.25, 0.3) is 0 Å². The van der Waals surface area contributed by atoms with Crippen molar-refractivity contribution in [1.29, 1.82) is 0 Å². The van der Waals surface area contributed by atoms with Gasteiger partial charge in [-0.15, -0.1) is 0 Å². The van der Waals surface area contributed by atoms with Crippen LogP contribution in [0.2, 0.25) is 0 Å². The minimum absolute atomic E-state index is 0.347. The van der Waals surface area contributed by atoms with Crippen molar-refractivity contribution in [2.75, 3.05) is 13.2 Å². The van der Waals surface area contributed by atoms with Crippen molar-refractivity contribution >= 4 is 15.9 Å². The highest BCUT2D eigenvalue weighted by Gasteiger charge is 2.12. The van der Waals surface area contributed by atoms with Gasteiger partial charge in [-0.05, 0) is 50.4 Å². The average Bonchev–Trinajstić information content (AvgIpc) is 2.40. The summed E-state index contributed by atoms with van der Waals surface area (Å²) in [6.07, 6.45) is 5.15. The fourth-order valence-electron chi connectivity index (χ4n) is 2.22. The molecule has 0 bridgehead atoms. The van der Waals surface area contributed by atoms with Crippen molar-refractivity contribution in [3.8, 4) is 5.75 Å². The van der Waals surface area contributed by atoms with Gasteiger partial charge in [0.2, 0.25) is 0 Å². The first-order valence-corrected chi connectivity index (χ1v) is 7.35. The number of hydrogen-bond donors (Lipinski definition) is 2. The summed E-state index contributed by atoms with van der Waals surface area (Å²) >= 11 is 3.41. The molecule has 1 saturated heterocycles. The van der Waals surface area contributed by atoms with Crippen LogP contribution in [-0.2, 0) is 11.3 Å². The molecule has 4 heteroatoms. The van der Waals surface area contributed by atoms with Crippen molar-refractivity contribution < 1.29 is 9.84 Å². The van der Waals surface area contributed by atoms with Gasteiger partial charge in [0.05, 0.1) is 6.10 Å². The van der Waals surface area contributed by atoms with Crippen LogP contribution < -0.4 is 5.32 Å². The van der Waals surface area contributed by atoms with Crippen molar-refractivity contribution in [2.45, 2.75) is 38.3 Å². The van der Waals surface area contributed by atoms with Gasteiger partial charge in [0.1, 0.15) is 5.75 Å². The molecule has 1 heterocycles. The van der Waals surface area contributed by atoms with Crippen molar-refractivity contribution in [2.24, 2.45) is 0 Å². The zero-order valence-electron chi connectivity index (χ0n) is 10.5. The largest absolute Gasteiger partial charge is 0.508 e. The average molecular weight is 314 g/mol. The molecule has 1 aromatic carbocycles. The Labute approximate surface area is 117 Å². The summed E-state index contributed by atoms with van der Waals surface area (Å²) in [6, 6.07) is 5.50.